The molecule has 1 unspecified atom stereocenters. The topological polar surface area (TPSA) is 73.8 Å². The molecule has 1 heterocycles. The van der Waals surface area contributed by atoms with Crippen molar-refractivity contribution >= 4 is 39.8 Å². The summed E-state index contributed by atoms with van der Waals surface area (Å²) >= 11 is 0. The van der Waals surface area contributed by atoms with Crippen LogP contribution in [0, 0.1) is 5.92 Å². The van der Waals surface area contributed by atoms with Gasteiger partial charge in [0, 0.05) is 32.4 Å². The molecule has 8 heteroatoms. The molecule has 1 atom stereocenters. The van der Waals surface area contributed by atoms with E-state index in [1.54, 1.807) is 12.1 Å². The normalized spacial score (nSPS) is 18.4. The molecule has 0 aliphatic carbocycles. The summed E-state index contributed by atoms with van der Waals surface area (Å²) in [6.45, 7) is 10.1. The number of likely N-dealkylation sites (tertiary alicyclic amines) is 1. The summed E-state index contributed by atoms with van der Waals surface area (Å²) < 4.78 is 23.0. The van der Waals surface area contributed by atoms with E-state index in [9.17, 15) is 8.42 Å². The standard InChI is InChI=1S/C20H34N4O2S.HI/c1-4-21-20(23-13-15-24-14-5-6-17(2)16-24)22-12-11-18-7-9-19(10-8-18)27(3,25)26;/h7-10,17H,4-6,11-16H2,1-3H3,(H2,21,22,23);1H. The Hall–Kier alpha value is -0.870. The molecule has 0 aromatic heterocycles. The minimum Gasteiger partial charge on any atom is -0.357 e. The monoisotopic (exact) mass is 522 g/mol. The van der Waals surface area contributed by atoms with E-state index in [0.29, 0.717) is 4.90 Å². The summed E-state index contributed by atoms with van der Waals surface area (Å²) in [6, 6.07) is 7.09. The number of aliphatic imine (C=N–C) groups is 1. The highest BCUT2D eigenvalue weighted by Crippen LogP contribution is 2.14. The van der Waals surface area contributed by atoms with Crippen molar-refractivity contribution in [2.45, 2.75) is 38.0 Å². The fraction of sp³-hybridized carbons (Fsp3) is 0.650. The molecular weight excluding hydrogens is 487 g/mol. The highest BCUT2D eigenvalue weighted by Gasteiger charge is 2.15. The summed E-state index contributed by atoms with van der Waals surface area (Å²) in [5.74, 6) is 1.64. The fourth-order valence-electron chi connectivity index (χ4n) is 3.36. The molecule has 28 heavy (non-hydrogen) atoms. The fourth-order valence-corrected chi connectivity index (χ4v) is 3.99. The predicted octanol–water partition coefficient (Wildman–Crippen LogP) is 2.54. The first-order valence-corrected chi connectivity index (χ1v) is 11.8. The van der Waals surface area contributed by atoms with Gasteiger partial charge in [0.15, 0.2) is 15.8 Å². The lowest BCUT2D eigenvalue weighted by molar-refractivity contribution is 0.189. The Kier molecular flexibility index (Phi) is 11.4. The number of guanidine groups is 1. The molecule has 1 aromatic carbocycles. The van der Waals surface area contributed by atoms with E-state index in [1.165, 1.54) is 32.2 Å². The number of sulfone groups is 1. The molecule has 0 spiro atoms. The van der Waals surface area contributed by atoms with Gasteiger partial charge < -0.3 is 15.5 Å². The van der Waals surface area contributed by atoms with Gasteiger partial charge in [-0.3, -0.25) is 4.99 Å². The van der Waals surface area contributed by atoms with Crippen molar-refractivity contribution in [3.05, 3.63) is 29.8 Å². The molecule has 1 saturated heterocycles. The van der Waals surface area contributed by atoms with Gasteiger partial charge in [0.1, 0.15) is 0 Å². The van der Waals surface area contributed by atoms with Crippen LogP contribution in [0.5, 0.6) is 0 Å². The van der Waals surface area contributed by atoms with Crippen molar-refractivity contribution in [3.63, 3.8) is 0 Å². The Labute approximate surface area is 187 Å². The first-order valence-electron chi connectivity index (χ1n) is 9.92. The van der Waals surface area contributed by atoms with Crippen molar-refractivity contribution in [3.8, 4) is 0 Å². The second kappa shape index (κ2) is 12.6. The Morgan fingerprint density at radius 2 is 1.96 bits per heavy atom. The number of rotatable bonds is 8. The lowest BCUT2D eigenvalue weighted by Crippen LogP contribution is -2.40. The van der Waals surface area contributed by atoms with Crippen LogP contribution in [0.2, 0.25) is 0 Å². The molecular formula is C20H35IN4O2S. The third kappa shape index (κ3) is 9.09. The van der Waals surface area contributed by atoms with E-state index < -0.39 is 9.84 Å². The summed E-state index contributed by atoms with van der Waals surface area (Å²) in [7, 11) is -3.13. The van der Waals surface area contributed by atoms with Crippen LogP contribution in [-0.4, -0.2) is 64.8 Å². The molecule has 0 saturated carbocycles. The first kappa shape index (κ1) is 25.2. The number of hydrogen-bond donors (Lipinski definition) is 2. The number of nitrogens with zero attached hydrogens (tertiary/aromatic N) is 2. The van der Waals surface area contributed by atoms with Crippen LogP contribution in [0.3, 0.4) is 0 Å². The van der Waals surface area contributed by atoms with E-state index in [1.807, 2.05) is 12.1 Å². The number of benzene rings is 1. The van der Waals surface area contributed by atoms with Gasteiger partial charge in [-0.25, -0.2) is 8.42 Å². The minimum atomic E-state index is -3.13. The van der Waals surface area contributed by atoms with E-state index >= 15 is 0 Å². The average Bonchev–Trinajstić information content (AvgIpc) is 2.61. The number of halogens is 1. The maximum absolute atomic E-state index is 11.5. The largest absolute Gasteiger partial charge is 0.357 e. The van der Waals surface area contributed by atoms with Crippen molar-refractivity contribution in [1.82, 2.24) is 15.5 Å². The highest BCUT2D eigenvalue weighted by atomic mass is 127. The maximum atomic E-state index is 11.5. The van der Waals surface area contributed by atoms with Gasteiger partial charge >= 0.3 is 0 Å². The Balaban J connectivity index is 0.00000392. The summed E-state index contributed by atoms with van der Waals surface area (Å²) in [5, 5.41) is 6.65. The molecule has 2 N–H and O–H groups in total. The zero-order chi connectivity index (χ0) is 19.7. The van der Waals surface area contributed by atoms with Crippen LogP contribution in [0.1, 0.15) is 32.3 Å². The third-order valence-corrected chi connectivity index (χ3v) is 5.96. The quantitative estimate of drug-likeness (QED) is 0.312. The molecule has 6 nitrogen and oxygen atoms in total. The lowest BCUT2D eigenvalue weighted by atomic mass is 10.0. The second-order valence-electron chi connectivity index (χ2n) is 7.40. The van der Waals surface area contributed by atoms with Gasteiger partial charge in [0.2, 0.25) is 0 Å². The molecule has 2 rings (SSSR count). The zero-order valence-electron chi connectivity index (χ0n) is 17.3. The molecule has 0 radical (unpaired) electrons. The smallest absolute Gasteiger partial charge is 0.191 e. The minimum absolute atomic E-state index is 0. The molecule has 1 fully saturated rings. The summed E-state index contributed by atoms with van der Waals surface area (Å²) in [4.78, 5) is 7.55. The molecule has 160 valence electrons. The van der Waals surface area contributed by atoms with Crippen LogP contribution in [0.15, 0.2) is 34.2 Å². The number of piperidine rings is 1. The van der Waals surface area contributed by atoms with Crippen LogP contribution in [0.4, 0.5) is 0 Å². The predicted molar refractivity (Wildman–Crippen MR) is 127 cm³/mol. The van der Waals surface area contributed by atoms with E-state index in [2.05, 4.69) is 34.4 Å². The van der Waals surface area contributed by atoms with Gasteiger partial charge in [-0.15, -0.1) is 24.0 Å². The maximum Gasteiger partial charge on any atom is 0.191 e. The number of hydrogen-bond acceptors (Lipinski definition) is 4. The van der Waals surface area contributed by atoms with Crippen LogP contribution < -0.4 is 10.6 Å². The van der Waals surface area contributed by atoms with Crippen molar-refractivity contribution in [1.29, 1.82) is 0 Å². The molecule has 0 amide bonds. The molecule has 1 aliphatic rings. The Bertz CT molecular complexity index is 707. The third-order valence-electron chi connectivity index (χ3n) is 4.83. The first-order chi connectivity index (χ1) is 12.9. The summed E-state index contributed by atoms with van der Waals surface area (Å²) in [6.07, 6.45) is 4.68. The molecule has 1 aromatic rings. The van der Waals surface area contributed by atoms with Crippen molar-refractivity contribution in [2.75, 3.05) is 45.5 Å². The van der Waals surface area contributed by atoms with Gasteiger partial charge in [0.25, 0.3) is 0 Å². The Morgan fingerprint density at radius 3 is 2.57 bits per heavy atom. The Morgan fingerprint density at radius 1 is 1.25 bits per heavy atom. The number of nitrogens with one attached hydrogen (secondary N) is 2. The van der Waals surface area contributed by atoms with Crippen LogP contribution in [-0.2, 0) is 16.3 Å². The van der Waals surface area contributed by atoms with E-state index in [4.69, 9.17) is 0 Å². The SMILES string of the molecule is CCNC(=NCCN1CCCC(C)C1)NCCc1ccc(S(C)(=O)=O)cc1.I. The van der Waals surface area contributed by atoms with Crippen molar-refractivity contribution in [2.24, 2.45) is 10.9 Å². The van der Waals surface area contributed by atoms with E-state index in [0.717, 1.165) is 50.0 Å². The molecule has 1 aliphatic heterocycles. The summed E-state index contributed by atoms with van der Waals surface area (Å²) in [5.41, 5.74) is 1.10. The molecule has 0 bridgehead atoms. The van der Waals surface area contributed by atoms with Crippen LogP contribution >= 0.6 is 24.0 Å². The second-order valence-corrected chi connectivity index (χ2v) is 9.42. The van der Waals surface area contributed by atoms with Gasteiger partial charge in [-0.1, -0.05) is 19.1 Å². The van der Waals surface area contributed by atoms with Gasteiger partial charge in [-0.2, -0.15) is 0 Å². The van der Waals surface area contributed by atoms with E-state index in [-0.39, 0.29) is 24.0 Å². The zero-order valence-corrected chi connectivity index (χ0v) is 20.4. The lowest BCUT2D eigenvalue weighted by Gasteiger charge is -2.30. The average molecular weight is 522 g/mol. The highest BCUT2D eigenvalue weighted by molar-refractivity contribution is 14.0. The van der Waals surface area contributed by atoms with Crippen molar-refractivity contribution < 1.29 is 8.42 Å². The van der Waals surface area contributed by atoms with Crippen LogP contribution in [0.25, 0.3) is 0 Å². The van der Waals surface area contributed by atoms with Gasteiger partial charge in [-0.05, 0) is 56.3 Å². The van der Waals surface area contributed by atoms with Gasteiger partial charge in [0.05, 0.1) is 11.4 Å².